The lowest BCUT2D eigenvalue weighted by Crippen LogP contribution is -2.37. The molecule has 0 unspecified atom stereocenters. The molecule has 23 heavy (non-hydrogen) atoms. The van der Waals surface area contributed by atoms with Gasteiger partial charge in [-0.15, -0.1) is 11.3 Å². The van der Waals surface area contributed by atoms with Crippen molar-refractivity contribution in [2.24, 2.45) is 0 Å². The molecule has 6 nitrogen and oxygen atoms in total. The van der Waals surface area contributed by atoms with Gasteiger partial charge in [0.2, 0.25) is 0 Å². The number of carbonyl (C=O) groups is 1. The average molecular weight is 332 g/mol. The minimum absolute atomic E-state index is 0.164. The van der Waals surface area contributed by atoms with Gasteiger partial charge < -0.3 is 20.3 Å². The maximum atomic E-state index is 11.8. The number of ether oxygens (including phenoxy) is 1. The SMILES string of the molecule is O=C(NCc1ccnc(N2CCOCC2)c1)NCc1cccs1. The van der Waals surface area contributed by atoms with Gasteiger partial charge >= 0.3 is 6.03 Å². The van der Waals surface area contributed by atoms with E-state index in [0.717, 1.165) is 42.6 Å². The largest absolute Gasteiger partial charge is 0.378 e. The molecule has 0 bridgehead atoms. The molecule has 0 aromatic carbocycles. The van der Waals surface area contributed by atoms with E-state index in [-0.39, 0.29) is 6.03 Å². The molecule has 1 aliphatic heterocycles. The number of rotatable bonds is 5. The van der Waals surface area contributed by atoms with Crippen LogP contribution in [0.25, 0.3) is 0 Å². The fourth-order valence-electron chi connectivity index (χ4n) is 2.36. The van der Waals surface area contributed by atoms with Gasteiger partial charge in [0.25, 0.3) is 0 Å². The van der Waals surface area contributed by atoms with Gasteiger partial charge in [-0.25, -0.2) is 9.78 Å². The molecule has 7 heteroatoms. The van der Waals surface area contributed by atoms with Crippen LogP contribution in [0.3, 0.4) is 0 Å². The molecule has 0 radical (unpaired) electrons. The highest BCUT2D eigenvalue weighted by Gasteiger charge is 2.12. The van der Waals surface area contributed by atoms with E-state index in [9.17, 15) is 4.79 Å². The van der Waals surface area contributed by atoms with E-state index in [4.69, 9.17) is 4.74 Å². The second-order valence-electron chi connectivity index (χ2n) is 5.24. The first-order valence-corrected chi connectivity index (χ1v) is 8.51. The minimum atomic E-state index is -0.164. The Kier molecular flexibility index (Phi) is 5.44. The predicted octanol–water partition coefficient (Wildman–Crippen LogP) is 1.98. The first-order valence-electron chi connectivity index (χ1n) is 7.63. The summed E-state index contributed by atoms with van der Waals surface area (Å²) in [6, 6.07) is 7.75. The van der Waals surface area contributed by atoms with Crippen molar-refractivity contribution in [3.8, 4) is 0 Å². The Morgan fingerprint density at radius 2 is 2.09 bits per heavy atom. The van der Waals surface area contributed by atoms with Crippen molar-refractivity contribution in [2.45, 2.75) is 13.1 Å². The highest BCUT2D eigenvalue weighted by Crippen LogP contribution is 2.14. The summed E-state index contributed by atoms with van der Waals surface area (Å²) >= 11 is 1.63. The molecule has 122 valence electrons. The number of hydrogen-bond acceptors (Lipinski definition) is 5. The minimum Gasteiger partial charge on any atom is -0.378 e. The average Bonchev–Trinajstić information content (AvgIpc) is 3.13. The molecule has 2 amide bonds. The van der Waals surface area contributed by atoms with Crippen LogP contribution in [0.5, 0.6) is 0 Å². The summed E-state index contributed by atoms with van der Waals surface area (Å²) in [5.41, 5.74) is 1.03. The van der Waals surface area contributed by atoms with Crippen molar-refractivity contribution in [1.29, 1.82) is 0 Å². The van der Waals surface area contributed by atoms with E-state index in [1.807, 2.05) is 29.6 Å². The number of hydrogen-bond donors (Lipinski definition) is 2. The summed E-state index contributed by atoms with van der Waals surface area (Å²) in [5.74, 6) is 0.937. The van der Waals surface area contributed by atoms with Crippen molar-refractivity contribution in [3.05, 3.63) is 46.3 Å². The summed E-state index contributed by atoms with van der Waals surface area (Å²) < 4.78 is 5.35. The first kappa shape index (κ1) is 15.8. The Labute approximate surface area is 139 Å². The van der Waals surface area contributed by atoms with Crippen LogP contribution in [-0.2, 0) is 17.8 Å². The molecule has 2 aromatic heterocycles. The van der Waals surface area contributed by atoms with E-state index in [1.54, 1.807) is 17.5 Å². The third-order valence-corrected chi connectivity index (χ3v) is 4.48. The zero-order chi connectivity index (χ0) is 15.9. The molecular weight excluding hydrogens is 312 g/mol. The standard InChI is InChI=1S/C16H20N4O2S/c21-16(19-12-14-2-1-9-23-14)18-11-13-3-4-17-15(10-13)20-5-7-22-8-6-20/h1-4,9-10H,5-8,11-12H2,(H2,18,19,21). The number of nitrogens with zero attached hydrogens (tertiary/aromatic N) is 2. The molecule has 1 saturated heterocycles. The smallest absolute Gasteiger partial charge is 0.315 e. The van der Waals surface area contributed by atoms with E-state index in [0.29, 0.717) is 13.1 Å². The first-order chi connectivity index (χ1) is 11.3. The summed E-state index contributed by atoms with van der Waals surface area (Å²) in [6.07, 6.45) is 1.78. The normalized spacial score (nSPS) is 14.5. The van der Waals surface area contributed by atoms with Crippen LogP contribution in [0.15, 0.2) is 35.8 Å². The number of anilines is 1. The van der Waals surface area contributed by atoms with Gasteiger partial charge in [-0.1, -0.05) is 6.07 Å². The van der Waals surface area contributed by atoms with E-state index in [1.165, 1.54) is 0 Å². The van der Waals surface area contributed by atoms with Crippen LogP contribution in [-0.4, -0.2) is 37.3 Å². The number of aromatic nitrogens is 1. The Bertz CT molecular complexity index is 627. The highest BCUT2D eigenvalue weighted by molar-refractivity contribution is 7.09. The van der Waals surface area contributed by atoms with Gasteiger partial charge in [0.1, 0.15) is 5.82 Å². The Balaban J connectivity index is 1.48. The number of urea groups is 1. The lowest BCUT2D eigenvalue weighted by Gasteiger charge is -2.28. The molecule has 2 aromatic rings. The third-order valence-electron chi connectivity index (χ3n) is 3.60. The fraction of sp³-hybridized carbons (Fsp3) is 0.375. The number of morpholine rings is 1. The van der Waals surface area contributed by atoms with Gasteiger partial charge in [-0.05, 0) is 29.1 Å². The van der Waals surface area contributed by atoms with Crippen molar-refractivity contribution in [3.63, 3.8) is 0 Å². The number of amides is 2. The lowest BCUT2D eigenvalue weighted by atomic mass is 10.2. The second-order valence-corrected chi connectivity index (χ2v) is 6.27. The number of carbonyl (C=O) groups excluding carboxylic acids is 1. The maximum Gasteiger partial charge on any atom is 0.315 e. The van der Waals surface area contributed by atoms with E-state index < -0.39 is 0 Å². The van der Waals surface area contributed by atoms with Gasteiger partial charge in [-0.2, -0.15) is 0 Å². The molecule has 2 N–H and O–H groups in total. The van der Waals surface area contributed by atoms with Gasteiger partial charge in [0.05, 0.1) is 19.8 Å². The van der Waals surface area contributed by atoms with E-state index in [2.05, 4.69) is 20.5 Å². The molecule has 1 aliphatic rings. The molecule has 0 saturated carbocycles. The Morgan fingerprint density at radius 1 is 1.26 bits per heavy atom. The zero-order valence-electron chi connectivity index (χ0n) is 12.8. The number of nitrogens with one attached hydrogen (secondary N) is 2. The van der Waals surface area contributed by atoms with Crippen LogP contribution in [0.2, 0.25) is 0 Å². The van der Waals surface area contributed by atoms with Crippen LogP contribution in [0.4, 0.5) is 10.6 Å². The van der Waals surface area contributed by atoms with Crippen molar-refractivity contribution in [1.82, 2.24) is 15.6 Å². The van der Waals surface area contributed by atoms with Crippen molar-refractivity contribution in [2.75, 3.05) is 31.2 Å². The van der Waals surface area contributed by atoms with Crippen LogP contribution in [0.1, 0.15) is 10.4 Å². The van der Waals surface area contributed by atoms with Gasteiger partial charge in [0.15, 0.2) is 0 Å². The molecule has 0 spiro atoms. The maximum absolute atomic E-state index is 11.8. The van der Waals surface area contributed by atoms with Crippen molar-refractivity contribution >= 4 is 23.2 Å². The quantitative estimate of drug-likeness (QED) is 0.879. The van der Waals surface area contributed by atoms with Crippen LogP contribution < -0.4 is 15.5 Å². The second kappa shape index (κ2) is 7.94. The molecule has 0 aliphatic carbocycles. The molecule has 0 atom stereocenters. The molecule has 3 heterocycles. The summed E-state index contributed by atoms with van der Waals surface area (Å²) in [6.45, 7) is 4.20. The van der Waals surface area contributed by atoms with Gasteiger partial charge in [0, 0.05) is 30.7 Å². The summed E-state index contributed by atoms with van der Waals surface area (Å²) in [5, 5.41) is 7.73. The monoisotopic (exact) mass is 332 g/mol. The highest BCUT2D eigenvalue weighted by atomic mass is 32.1. The summed E-state index contributed by atoms with van der Waals surface area (Å²) in [7, 11) is 0. The van der Waals surface area contributed by atoms with Gasteiger partial charge in [-0.3, -0.25) is 0 Å². The lowest BCUT2D eigenvalue weighted by molar-refractivity contribution is 0.122. The zero-order valence-corrected chi connectivity index (χ0v) is 13.6. The van der Waals surface area contributed by atoms with Crippen LogP contribution >= 0.6 is 11.3 Å². The molecular formula is C16H20N4O2S. The third kappa shape index (κ3) is 4.67. The topological polar surface area (TPSA) is 66.5 Å². The molecule has 3 rings (SSSR count). The van der Waals surface area contributed by atoms with Crippen LogP contribution in [0, 0.1) is 0 Å². The summed E-state index contributed by atoms with van der Waals surface area (Å²) in [4.78, 5) is 19.6. The molecule has 1 fully saturated rings. The van der Waals surface area contributed by atoms with Crippen molar-refractivity contribution < 1.29 is 9.53 Å². The van der Waals surface area contributed by atoms with E-state index >= 15 is 0 Å². The fourth-order valence-corrected chi connectivity index (χ4v) is 3.01. The number of pyridine rings is 1. The predicted molar refractivity (Wildman–Crippen MR) is 90.7 cm³/mol. The Morgan fingerprint density at radius 3 is 2.87 bits per heavy atom. The number of thiophene rings is 1. The Hall–Kier alpha value is -2.12.